The van der Waals surface area contributed by atoms with Crippen LogP contribution in [0.2, 0.25) is 0 Å². The van der Waals surface area contributed by atoms with Crippen molar-refractivity contribution in [2.45, 2.75) is 45.8 Å². The Bertz CT molecular complexity index is 709. The lowest BCUT2D eigenvalue weighted by Gasteiger charge is -2.23. The molecule has 2 rings (SSSR count). The van der Waals surface area contributed by atoms with Gasteiger partial charge in [0.1, 0.15) is 11.5 Å². The minimum Gasteiger partial charge on any atom is -0.497 e. The lowest BCUT2D eigenvalue weighted by molar-refractivity contribution is -0.192. The maximum atomic E-state index is 10.6. The first-order valence-electron chi connectivity index (χ1n) is 9.41. The van der Waals surface area contributed by atoms with Crippen LogP contribution in [0.5, 0.6) is 11.5 Å². The number of aliphatic imine (C=N–C) groups is 1. The average molecular weight is 433 g/mol. The van der Waals surface area contributed by atoms with Crippen LogP contribution >= 0.6 is 0 Å². The van der Waals surface area contributed by atoms with Crippen molar-refractivity contribution in [2.24, 2.45) is 10.4 Å². The summed E-state index contributed by atoms with van der Waals surface area (Å²) < 4.78 is 42.3. The topological polar surface area (TPSA) is 92.2 Å². The summed E-state index contributed by atoms with van der Waals surface area (Å²) in [6.07, 6.45) is -3.08. The molecule has 1 unspecified atom stereocenters. The van der Waals surface area contributed by atoms with E-state index in [2.05, 4.69) is 36.4 Å². The predicted molar refractivity (Wildman–Crippen MR) is 108 cm³/mol. The number of rotatable bonds is 6. The summed E-state index contributed by atoms with van der Waals surface area (Å²) in [5.41, 5.74) is 1.50. The summed E-state index contributed by atoms with van der Waals surface area (Å²) in [5, 5.41) is 14.0. The molecule has 0 radical (unpaired) electrons. The number of carboxylic acids is 1. The molecule has 0 saturated carbocycles. The van der Waals surface area contributed by atoms with Crippen molar-refractivity contribution in [2.75, 3.05) is 27.3 Å². The van der Waals surface area contributed by atoms with Gasteiger partial charge in [-0.25, -0.2) is 4.79 Å². The van der Waals surface area contributed by atoms with Crippen molar-refractivity contribution in [3.8, 4) is 11.5 Å². The first-order valence-corrected chi connectivity index (χ1v) is 9.41. The van der Waals surface area contributed by atoms with Gasteiger partial charge in [-0.3, -0.25) is 4.99 Å². The Kier molecular flexibility index (Phi) is 9.25. The molecule has 0 spiro atoms. The van der Waals surface area contributed by atoms with E-state index in [1.807, 2.05) is 18.2 Å². The Balaban J connectivity index is 0.000000553. The molecule has 3 N–H and O–H groups in total. The fraction of sp³-hybridized carbons (Fsp3) is 0.600. The lowest BCUT2D eigenvalue weighted by atomic mass is 9.88. The van der Waals surface area contributed by atoms with Gasteiger partial charge in [-0.1, -0.05) is 20.8 Å². The quantitative estimate of drug-likeness (QED) is 0.638. The van der Waals surface area contributed by atoms with Crippen LogP contribution in [0.15, 0.2) is 23.2 Å². The van der Waals surface area contributed by atoms with E-state index in [1.54, 1.807) is 14.2 Å². The molecule has 7 nitrogen and oxygen atoms in total. The number of halogens is 3. The first-order chi connectivity index (χ1) is 13.8. The molecule has 0 saturated heterocycles. The number of nitrogens with one attached hydrogen (secondary N) is 2. The van der Waals surface area contributed by atoms with Gasteiger partial charge >= 0.3 is 12.1 Å². The van der Waals surface area contributed by atoms with Crippen LogP contribution in [0.25, 0.3) is 0 Å². The van der Waals surface area contributed by atoms with E-state index in [-0.39, 0.29) is 0 Å². The number of nitrogens with zero attached hydrogens (tertiary/aromatic N) is 1. The van der Waals surface area contributed by atoms with E-state index in [0.717, 1.165) is 43.4 Å². The molecule has 1 aliphatic rings. The Morgan fingerprint density at radius 2 is 1.73 bits per heavy atom. The van der Waals surface area contributed by atoms with Crippen molar-refractivity contribution in [1.29, 1.82) is 0 Å². The first kappa shape index (κ1) is 25.4. The number of hydrogen-bond acceptors (Lipinski definition) is 6. The summed E-state index contributed by atoms with van der Waals surface area (Å²) in [6.45, 7) is 8.46. The molecule has 30 heavy (non-hydrogen) atoms. The van der Waals surface area contributed by atoms with Gasteiger partial charge in [0.2, 0.25) is 0 Å². The van der Waals surface area contributed by atoms with E-state index in [0.29, 0.717) is 11.5 Å². The van der Waals surface area contributed by atoms with Gasteiger partial charge in [0, 0.05) is 18.7 Å². The molecule has 1 aromatic rings. The second-order valence-corrected chi connectivity index (χ2v) is 8.00. The van der Waals surface area contributed by atoms with Crippen LogP contribution in [0.3, 0.4) is 0 Å². The van der Waals surface area contributed by atoms with Crippen LogP contribution < -0.4 is 20.1 Å². The number of ether oxygens (including phenoxy) is 2. The molecule has 1 aromatic carbocycles. The maximum Gasteiger partial charge on any atom is 0.490 e. The van der Waals surface area contributed by atoms with Gasteiger partial charge in [0.15, 0.2) is 5.96 Å². The predicted octanol–water partition coefficient (Wildman–Crippen LogP) is 3.23. The molecular weight excluding hydrogens is 403 g/mol. The van der Waals surface area contributed by atoms with Gasteiger partial charge in [-0.2, -0.15) is 13.2 Å². The third kappa shape index (κ3) is 9.71. The summed E-state index contributed by atoms with van der Waals surface area (Å²) in [7, 11) is 3.34. The smallest absolute Gasteiger partial charge is 0.490 e. The van der Waals surface area contributed by atoms with Crippen LogP contribution in [0.4, 0.5) is 13.2 Å². The number of alkyl halides is 3. The number of aliphatic carboxylic acids is 1. The van der Waals surface area contributed by atoms with Crippen molar-refractivity contribution in [1.82, 2.24) is 10.6 Å². The molecule has 0 amide bonds. The van der Waals surface area contributed by atoms with Crippen LogP contribution in [-0.4, -0.2) is 56.6 Å². The Morgan fingerprint density at radius 3 is 2.17 bits per heavy atom. The van der Waals surface area contributed by atoms with Crippen molar-refractivity contribution >= 4 is 11.9 Å². The third-order valence-corrected chi connectivity index (χ3v) is 4.03. The zero-order valence-electron chi connectivity index (χ0n) is 17.9. The lowest BCUT2D eigenvalue weighted by Crippen LogP contribution is -2.41. The number of benzene rings is 1. The fourth-order valence-electron chi connectivity index (χ4n) is 2.78. The van der Waals surface area contributed by atoms with Gasteiger partial charge in [-0.05, 0) is 36.0 Å². The normalized spacial score (nSPS) is 16.0. The molecular formula is C20H30F3N3O4. The fourth-order valence-corrected chi connectivity index (χ4v) is 2.78. The minimum atomic E-state index is -5.08. The summed E-state index contributed by atoms with van der Waals surface area (Å²) in [6, 6.07) is 6.40. The van der Waals surface area contributed by atoms with Crippen LogP contribution in [-0.2, 0) is 11.2 Å². The van der Waals surface area contributed by atoms with E-state index in [1.165, 1.54) is 5.56 Å². The molecule has 1 heterocycles. The molecule has 0 fully saturated rings. The van der Waals surface area contributed by atoms with Gasteiger partial charge < -0.3 is 25.2 Å². The number of guanidine groups is 1. The summed E-state index contributed by atoms with van der Waals surface area (Å²) in [5.74, 6) is -0.205. The highest BCUT2D eigenvalue weighted by atomic mass is 19.4. The number of carbonyl (C=O) groups is 1. The molecule has 0 aromatic heterocycles. The van der Waals surface area contributed by atoms with Crippen molar-refractivity contribution in [3.05, 3.63) is 23.8 Å². The Labute approximate surface area is 174 Å². The van der Waals surface area contributed by atoms with E-state index < -0.39 is 12.1 Å². The number of methoxy groups -OCH3 is 2. The molecule has 0 aliphatic carbocycles. The van der Waals surface area contributed by atoms with Crippen LogP contribution in [0, 0.1) is 5.41 Å². The molecule has 1 aliphatic heterocycles. The molecule has 170 valence electrons. The Hall–Kier alpha value is -2.65. The van der Waals surface area contributed by atoms with Gasteiger partial charge in [0.25, 0.3) is 0 Å². The molecule has 1 atom stereocenters. The highest BCUT2D eigenvalue weighted by molar-refractivity contribution is 5.81. The van der Waals surface area contributed by atoms with Crippen molar-refractivity contribution < 1.29 is 32.5 Å². The molecule has 0 bridgehead atoms. The largest absolute Gasteiger partial charge is 0.497 e. The SMILES string of the molecule is COc1cc(CCNC2=NCC(CC(C)(C)C)N2)cc(OC)c1.O=C(O)C(F)(F)F. The third-order valence-electron chi connectivity index (χ3n) is 4.03. The Morgan fingerprint density at radius 1 is 1.20 bits per heavy atom. The highest BCUT2D eigenvalue weighted by Crippen LogP contribution is 2.23. The second kappa shape index (κ2) is 10.9. The zero-order chi connectivity index (χ0) is 22.9. The molecule has 10 heteroatoms. The van der Waals surface area contributed by atoms with Gasteiger partial charge in [0.05, 0.1) is 20.8 Å². The minimum absolute atomic E-state index is 0.319. The van der Waals surface area contributed by atoms with Crippen LogP contribution in [0.1, 0.15) is 32.8 Å². The van der Waals surface area contributed by atoms with E-state index in [9.17, 15) is 13.2 Å². The van der Waals surface area contributed by atoms with Gasteiger partial charge in [-0.15, -0.1) is 0 Å². The standard InChI is InChI=1S/C18H29N3O2.C2HF3O2/c1-18(2,3)11-14-12-20-17(21-14)19-7-6-13-8-15(22-4)10-16(9-13)23-5;3-2(4,5)1(6)7/h8-10,14H,6-7,11-12H2,1-5H3,(H2,19,20,21);(H,6,7). The maximum absolute atomic E-state index is 10.6. The second-order valence-electron chi connectivity index (χ2n) is 8.00. The number of carboxylic acid groups (broad SMARTS) is 1. The highest BCUT2D eigenvalue weighted by Gasteiger charge is 2.38. The summed E-state index contributed by atoms with van der Waals surface area (Å²) in [4.78, 5) is 13.4. The average Bonchev–Trinajstić information content (AvgIpc) is 3.06. The zero-order valence-corrected chi connectivity index (χ0v) is 17.9. The monoisotopic (exact) mass is 433 g/mol. The summed E-state index contributed by atoms with van der Waals surface area (Å²) >= 11 is 0. The van der Waals surface area contributed by atoms with E-state index in [4.69, 9.17) is 19.4 Å². The van der Waals surface area contributed by atoms with Crippen molar-refractivity contribution in [3.63, 3.8) is 0 Å². The number of hydrogen-bond donors (Lipinski definition) is 3. The van der Waals surface area contributed by atoms with E-state index >= 15 is 0 Å².